The Hall–Kier alpha value is -1.42. The summed E-state index contributed by atoms with van der Waals surface area (Å²) in [6.45, 7) is 2.61. The van der Waals surface area contributed by atoms with E-state index >= 15 is 0 Å². The number of methoxy groups -OCH3 is 1. The number of hydrogen-bond donors (Lipinski definition) is 1. The Morgan fingerprint density at radius 3 is 3.06 bits per heavy atom. The summed E-state index contributed by atoms with van der Waals surface area (Å²) in [5.41, 5.74) is 1.88. The summed E-state index contributed by atoms with van der Waals surface area (Å²) in [7, 11) is 1.54. The van der Waals surface area contributed by atoms with E-state index in [4.69, 9.17) is 14.2 Å². The van der Waals surface area contributed by atoms with Crippen molar-refractivity contribution >= 4 is 0 Å². The van der Waals surface area contributed by atoms with Gasteiger partial charge < -0.3 is 19.3 Å². The third-order valence-electron chi connectivity index (χ3n) is 3.35. The maximum atomic E-state index is 9.85. The van der Waals surface area contributed by atoms with Gasteiger partial charge in [-0.05, 0) is 19.4 Å². The van der Waals surface area contributed by atoms with E-state index in [0.717, 1.165) is 29.9 Å². The molecule has 0 spiro atoms. The number of rotatable bonds is 1. The van der Waals surface area contributed by atoms with Crippen molar-refractivity contribution in [1.29, 1.82) is 0 Å². The molecule has 2 heterocycles. The smallest absolute Gasteiger partial charge is 0.207 e. The van der Waals surface area contributed by atoms with Crippen molar-refractivity contribution in [3.63, 3.8) is 0 Å². The molecule has 1 aromatic rings. The first-order valence-corrected chi connectivity index (χ1v) is 5.41. The van der Waals surface area contributed by atoms with Crippen LogP contribution in [-0.2, 0) is 4.74 Å². The monoisotopic (exact) mass is 222 g/mol. The fraction of sp³-hybridized carbons (Fsp3) is 0.500. The summed E-state index contributed by atoms with van der Waals surface area (Å²) < 4.78 is 16.4. The molecule has 1 aromatic carbocycles. The molecular weight excluding hydrogens is 208 g/mol. The van der Waals surface area contributed by atoms with Gasteiger partial charge in [-0.1, -0.05) is 0 Å². The van der Waals surface area contributed by atoms with Crippen LogP contribution in [0.25, 0.3) is 0 Å². The second-order valence-electron chi connectivity index (χ2n) is 4.22. The first-order chi connectivity index (χ1) is 7.72. The molecule has 0 aliphatic carbocycles. The normalized spacial score (nSPS) is 26.1. The highest BCUT2D eigenvalue weighted by atomic mass is 16.7. The fourth-order valence-electron chi connectivity index (χ4n) is 2.58. The minimum Gasteiger partial charge on any atom is -0.504 e. The zero-order valence-electron chi connectivity index (χ0n) is 9.32. The summed E-state index contributed by atoms with van der Waals surface area (Å²) in [4.78, 5) is 0. The lowest BCUT2D eigenvalue weighted by Gasteiger charge is -2.12. The molecule has 86 valence electrons. The van der Waals surface area contributed by atoms with Gasteiger partial charge in [0, 0.05) is 11.1 Å². The number of aromatic hydroxyl groups is 1. The van der Waals surface area contributed by atoms with Gasteiger partial charge in [0.05, 0.1) is 19.6 Å². The Kier molecular flexibility index (Phi) is 2.01. The molecule has 16 heavy (non-hydrogen) atoms. The van der Waals surface area contributed by atoms with Crippen molar-refractivity contribution in [2.45, 2.75) is 25.6 Å². The van der Waals surface area contributed by atoms with E-state index in [1.165, 1.54) is 0 Å². The van der Waals surface area contributed by atoms with E-state index in [2.05, 4.69) is 0 Å². The summed E-state index contributed by atoms with van der Waals surface area (Å²) in [6.07, 6.45) is 0.767. The number of fused-ring (bicyclic) bond motifs is 3. The van der Waals surface area contributed by atoms with Crippen LogP contribution in [0, 0.1) is 6.92 Å². The van der Waals surface area contributed by atoms with Crippen LogP contribution in [0.4, 0.5) is 0 Å². The maximum absolute atomic E-state index is 9.85. The van der Waals surface area contributed by atoms with E-state index in [1.807, 2.05) is 6.92 Å². The quantitative estimate of drug-likeness (QED) is 0.788. The molecule has 0 unspecified atom stereocenters. The van der Waals surface area contributed by atoms with Crippen molar-refractivity contribution in [2.75, 3.05) is 13.7 Å². The zero-order valence-corrected chi connectivity index (χ0v) is 9.32. The van der Waals surface area contributed by atoms with E-state index in [0.29, 0.717) is 5.75 Å². The Morgan fingerprint density at radius 2 is 2.31 bits per heavy atom. The number of hydrogen-bond acceptors (Lipinski definition) is 4. The number of phenolic OH excluding ortho intramolecular Hbond substituents is 1. The van der Waals surface area contributed by atoms with Crippen LogP contribution >= 0.6 is 0 Å². The second kappa shape index (κ2) is 3.28. The molecule has 0 radical (unpaired) electrons. The van der Waals surface area contributed by atoms with Crippen LogP contribution in [0.15, 0.2) is 6.07 Å². The van der Waals surface area contributed by atoms with Crippen molar-refractivity contribution in [2.24, 2.45) is 0 Å². The topological polar surface area (TPSA) is 47.9 Å². The predicted molar refractivity (Wildman–Crippen MR) is 57.1 cm³/mol. The molecule has 0 bridgehead atoms. The third kappa shape index (κ3) is 1.13. The minimum atomic E-state index is -0.180. The lowest BCUT2D eigenvalue weighted by atomic mass is 9.96. The molecule has 0 saturated carbocycles. The molecule has 1 N–H and O–H groups in total. The minimum absolute atomic E-state index is 0.176. The van der Waals surface area contributed by atoms with Gasteiger partial charge in [0.15, 0.2) is 11.5 Å². The molecular formula is C12H14O4. The Balaban J connectivity index is 2.15. The number of benzene rings is 1. The highest BCUT2D eigenvalue weighted by Gasteiger charge is 2.41. The lowest BCUT2D eigenvalue weighted by Crippen LogP contribution is -2.13. The Bertz CT molecular complexity index is 441. The van der Waals surface area contributed by atoms with Crippen LogP contribution in [0.1, 0.15) is 23.5 Å². The Morgan fingerprint density at radius 1 is 1.50 bits per heavy atom. The van der Waals surface area contributed by atoms with Crippen LogP contribution in [0.3, 0.4) is 0 Å². The van der Waals surface area contributed by atoms with E-state index < -0.39 is 0 Å². The van der Waals surface area contributed by atoms with Crippen molar-refractivity contribution in [1.82, 2.24) is 0 Å². The highest BCUT2D eigenvalue weighted by molar-refractivity contribution is 5.59. The second-order valence-corrected chi connectivity index (χ2v) is 4.22. The average molecular weight is 222 g/mol. The van der Waals surface area contributed by atoms with Gasteiger partial charge in [-0.15, -0.1) is 0 Å². The van der Waals surface area contributed by atoms with Crippen LogP contribution < -0.4 is 9.47 Å². The van der Waals surface area contributed by atoms with Crippen LogP contribution in [-0.4, -0.2) is 25.1 Å². The fourth-order valence-corrected chi connectivity index (χ4v) is 2.58. The molecule has 0 amide bonds. The van der Waals surface area contributed by atoms with Crippen LogP contribution in [0.2, 0.25) is 0 Å². The van der Waals surface area contributed by atoms with E-state index in [9.17, 15) is 5.11 Å². The molecule has 4 nitrogen and oxygen atoms in total. The van der Waals surface area contributed by atoms with E-state index in [1.54, 1.807) is 13.2 Å². The van der Waals surface area contributed by atoms with Gasteiger partial charge in [0.1, 0.15) is 5.75 Å². The molecule has 4 heteroatoms. The molecule has 2 aliphatic rings. The van der Waals surface area contributed by atoms with Gasteiger partial charge >= 0.3 is 0 Å². The standard InChI is InChI=1S/C12H14O4/c1-6-10-8(5-9(13)11(6)14-2)7-3-4-15-12(7)16-10/h5,7,12-13H,3-4H2,1-2H3/t7-,12+/m1/s1. The van der Waals surface area contributed by atoms with Crippen molar-refractivity contribution < 1.29 is 19.3 Å². The largest absolute Gasteiger partial charge is 0.504 e. The summed E-state index contributed by atoms with van der Waals surface area (Å²) in [5.74, 6) is 1.73. The molecule has 1 fully saturated rings. The maximum Gasteiger partial charge on any atom is 0.207 e. The SMILES string of the molecule is COc1c(O)cc2c(c1C)O[C@@H]1OCC[C@H]21. The van der Waals surface area contributed by atoms with Gasteiger partial charge in [-0.3, -0.25) is 0 Å². The third-order valence-corrected chi connectivity index (χ3v) is 3.35. The molecule has 2 aliphatic heterocycles. The van der Waals surface area contributed by atoms with E-state index in [-0.39, 0.29) is 18.0 Å². The number of phenols is 1. The number of ether oxygens (including phenoxy) is 3. The van der Waals surface area contributed by atoms with Gasteiger partial charge in [-0.2, -0.15) is 0 Å². The molecule has 3 rings (SSSR count). The molecule has 1 saturated heterocycles. The Labute approximate surface area is 93.7 Å². The van der Waals surface area contributed by atoms with Crippen molar-refractivity contribution in [3.8, 4) is 17.2 Å². The summed E-state index contributed by atoms with van der Waals surface area (Å²) in [6, 6.07) is 1.74. The molecule has 2 atom stereocenters. The van der Waals surface area contributed by atoms with Gasteiger partial charge in [-0.25, -0.2) is 0 Å². The highest BCUT2D eigenvalue weighted by Crippen LogP contribution is 2.50. The van der Waals surface area contributed by atoms with Crippen LogP contribution in [0.5, 0.6) is 17.2 Å². The van der Waals surface area contributed by atoms with Gasteiger partial charge in [0.25, 0.3) is 0 Å². The summed E-state index contributed by atoms with van der Waals surface area (Å²) in [5, 5.41) is 9.85. The van der Waals surface area contributed by atoms with Gasteiger partial charge in [0.2, 0.25) is 6.29 Å². The average Bonchev–Trinajstić information content (AvgIpc) is 2.80. The first-order valence-electron chi connectivity index (χ1n) is 5.41. The first kappa shape index (κ1) is 9.78. The zero-order chi connectivity index (χ0) is 11.3. The summed E-state index contributed by atoms with van der Waals surface area (Å²) >= 11 is 0. The van der Waals surface area contributed by atoms with Crippen molar-refractivity contribution in [3.05, 3.63) is 17.2 Å². The predicted octanol–water partition coefficient (Wildman–Crippen LogP) is 1.93. The lowest BCUT2D eigenvalue weighted by molar-refractivity contribution is -0.0341. The molecule has 0 aromatic heterocycles.